The maximum Gasteiger partial charge on any atom is 0.337 e. The lowest BCUT2D eigenvalue weighted by molar-refractivity contribution is -0.384. The largest absolute Gasteiger partial charge is 0.460 e. The number of aromatic amines is 2. The normalized spacial score (nSPS) is 15.8. The average Bonchev–Trinajstić information content (AvgIpc) is 2.59. The van der Waals surface area contributed by atoms with Crippen LogP contribution in [0.4, 0.5) is 11.5 Å². The van der Waals surface area contributed by atoms with Crippen molar-refractivity contribution in [2.24, 2.45) is 0 Å². The number of anilines is 1. The average molecular weight is 402 g/mol. The van der Waals surface area contributed by atoms with Crippen LogP contribution in [0, 0.1) is 14.9 Å². The van der Waals surface area contributed by atoms with Gasteiger partial charge in [-0.2, -0.15) is 0 Å². The van der Waals surface area contributed by atoms with E-state index < -0.39 is 22.4 Å². The molecule has 0 radical (unpaired) electrons. The van der Waals surface area contributed by atoms with Crippen LogP contribution in [-0.2, 0) is 9.53 Å². The third-order valence-corrected chi connectivity index (χ3v) is 4.48. The number of hydrogen-bond donors (Lipinski definition) is 3. The molecular weight excluding hydrogens is 384 g/mol. The second kappa shape index (κ2) is 7.39. The highest BCUT2D eigenvalue weighted by molar-refractivity contribution is 7.71. The van der Waals surface area contributed by atoms with Crippen molar-refractivity contribution in [2.45, 2.75) is 32.8 Å². The number of carbonyl (C=O) groups excluding carboxylic acids is 1. The summed E-state index contributed by atoms with van der Waals surface area (Å²) >= 11 is 5.03. The first-order valence-electron chi connectivity index (χ1n) is 8.48. The lowest BCUT2D eigenvalue weighted by atomic mass is 9.82. The second-order valence-electron chi connectivity index (χ2n) is 6.60. The van der Waals surface area contributed by atoms with Crippen LogP contribution in [0.5, 0.6) is 0 Å². The van der Waals surface area contributed by atoms with E-state index in [2.05, 4.69) is 15.3 Å². The lowest BCUT2D eigenvalue weighted by Crippen LogP contribution is -2.31. The molecule has 2 heterocycles. The van der Waals surface area contributed by atoms with E-state index in [1.54, 1.807) is 20.8 Å². The van der Waals surface area contributed by atoms with Gasteiger partial charge >= 0.3 is 5.97 Å². The van der Waals surface area contributed by atoms with Gasteiger partial charge in [0.1, 0.15) is 5.82 Å². The molecule has 1 aliphatic heterocycles. The van der Waals surface area contributed by atoms with Crippen LogP contribution in [0.2, 0.25) is 0 Å². The molecule has 0 saturated carbocycles. The molecule has 1 aromatic heterocycles. The number of nitrogens with zero attached hydrogens (tertiary/aromatic N) is 1. The van der Waals surface area contributed by atoms with Gasteiger partial charge in [0, 0.05) is 17.8 Å². The lowest BCUT2D eigenvalue weighted by Gasteiger charge is -2.29. The summed E-state index contributed by atoms with van der Waals surface area (Å²) in [6.45, 7) is 5.14. The van der Waals surface area contributed by atoms with Gasteiger partial charge in [-0.05, 0) is 38.6 Å². The topological polar surface area (TPSA) is 130 Å². The highest BCUT2D eigenvalue weighted by Gasteiger charge is 2.36. The van der Waals surface area contributed by atoms with Crippen molar-refractivity contribution in [3.63, 3.8) is 0 Å². The van der Waals surface area contributed by atoms with Crippen LogP contribution in [-0.4, -0.2) is 27.0 Å². The first kappa shape index (κ1) is 19.5. The molecule has 2 aromatic rings. The molecule has 0 saturated heterocycles. The molecule has 10 heteroatoms. The molecule has 0 aliphatic carbocycles. The summed E-state index contributed by atoms with van der Waals surface area (Å²) in [5.41, 5.74) is 0.996. The predicted molar refractivity (Wildman–Crippen MR) is 105 cm³/mol. The number of rotatable bonds is 4. The Morgan fingerprint density at radius 3 is 2.46 bits per heavy atom. The van der Waals surface area contributed by atoms with Gasteiger partial charge in [-0.1, -0.05) is 12.1 Å². The number of non-ortho nitro benzene ring substituents is 1. The zero-order valence-corrected chi connectivity index (χ0v) is 16.2. The first-order chi connectivity index (χ1) is 13.2. The van der Waals surface area contributed by atoms with Crippen molar-refractivity contribution in [3.8, 4) is 0 Å². The Morgan fingerprint density at radius 2 is 1.89 bits per heavy atom. The second-order valence-corrected chi connectivity index (χ2v) is 7.00. The predicted octanol–water partition coefficient (Wildman–Crippen LogP) is 3.12. The summed E-state index contributed by atoms with van der Waals surface area (Å²) in [5, 5.41) is 14.0. The maximum atomic E-state index is 12.8. The van der Waals surface area contributed by atoms with Gasteiger partial charge in [0.2, 0.25) is 0 Å². The van der Waals surface area contributed by atoms with Gasteiger partial charge in [-0.3, -0.25) is 19.9 Å². The molecule has 3 rings (SSSR count). The van der Waals surface area contributed by atoms with E-state index >= 15 is 0 Å². The number of nitro groups is 1. The van der Waals surface area contributed by atoms with Crippen LogP contribution in [0.25, 0.3) is 0 Å². The van der Waals surface area contributed by atoms with E-state index in [1.165, 1.54) is 24.3 Å². The number of fused-ring (bicyclic) bond motifs is 1. The Bertz CT molecular complexity index is 1100. The Hall–Kier alpha value is -3.27. The number of hydrogen-bond acceptors (Lipinski definition) is 7. The maximum absolute atomic E-state index is 12.8. The van der Waals surface area contributed by atoms with E-state index in [0.29, 0.717) is 17.1 Å². The van der Waals surface area contributed by atoms with Gasteiger partial charge in [-0.25, -0.2) is 4.79 Å². The molecule has 1 atom stereocenters. The zero-order valence-electron chi connectivity index (χ0n) is 15.4. The number of nitrogens with one attached hydrogen (secondary N) is 3. The SMILES string of the molecule is CC1=C(C(=O)OC(C)C)[C@H](c2ccc([N+](=O)[O-])cc2)c2c([nH]c(=S)[nH]c2=O)N1. The molecule has 0 bridgehead atoms. The molecule has 0 spiro atoms. The van der Waals surface area contributed by atoms with E-state index in [-0.39, 0.29) is 27.7 Å². The molecule has 146 valence electrons. The number of benzene rings is 1. The molecular formula is C18H18N4O5S. The van der Waals surface area contributed by atoms with E-state index in [9.17, 15) is 19.7 Å². The van der Waals surface area contributed by atoms with Crippen LogP contribution < -0.4 is 10.9 Å². The number of nitro benzene ring substituents is 1. The molecule has 1 aliphatic rings. The Labute approximate surface area is 164 Å². The number of carbonyl (C=O) groups is 1. The summed E-state index contributed by atoms with van der Waals surface area (Å²) in [6.07, 6.45) is -0.355. The van der Waals surface area contributed by atoms with Crippen molar-refractivity contribution >= 4 is 29.7 Å². The number of allylic oxidation sites excluding steroid dienone is 1. The van der Waals surface area contributed by atoms with Crippen molar-refractivity contribution < 1.29 is 14.5 Å². The molecule has 0 fully saturated rings. The Kier molecular flexibility index (Phi) is 5.14. The van der Waals surface area contributed by atoms with Crippen LogP contribution in [0.15, 0.2) is 40.3 Å². The number of H-pyrrole nitrogens is 2. The summed E-state index contributed by atoms with van der Waals surface area (Å²) in [5.74, 6) is -0.981. The van der Waals surface area contributed by atoms with Gasteiger partial charge in [0.15, 0.2) is 4.77 Å². The van der Waals surface area contributed by atoms with Crippen molar-refractivity contribution in [3.05, 3.63) is 71.9 Å². The van der Waals surface area contributed by atoms with Crippen molar-refractivity contribution in [1.29, 1.82) is 0 Å². The van der Waals surface area contributed by atoms with Gasteiger partial charge in [-0.15, -0.1) is 0 Å². The number of ether oxygens (including phenoxy) is 1. The van der Waals surface area contributed by atoms with Gasteiger partial charge in [0.25, 0.3) is 11.2 Å². The van der Waals surface area contributed by atoms with E-state index in [4.69, 9.17) is 17.0 Å². The fraction of sp³-hybridized carbons (Fsp3) is 0.278. The quantitative estimate of drug-likeness (QED) is 0.310. The standard InChI is InChI=1S/C18H18N4O5S/c1-8(2)27-17(24)12-9(3)19-15-14(16(23)21-18(28)20-15)13(12)10-4-6-11(7-5-10)22(25)26/h4-8,13H,1-3H3,(H3,19,20,21,23,28)/t13-/m0/s1. The molecule has 0 amide bonds. The minimum Gasteiger partial charge on any atom is -0.460 e. The molecule has 9 nitrogen and oxygen atoms in total. The minimum atomic E-state index is -0.779. The zero-order chi connectivity index (χ0) is 20.6. The molecule has 1 aromatic carbocycles. The smallest absolute Gasteiger partial charge is 0.337 e. The molecule has 0 unspecified atom stereocenters. The van der Waals surface area contributed by atoms with E-state index in [1.807, 2.05) is 0 Å². The van der Waals surface area contributed by atoms with Gasteiger partial charge < -0.3 is 15.0 Å². The Morgan fingerprint density at radius 1 is 1.25 bits per heavy atom. The van der Waals surface area contributed by atoms with Crippen molar-refractivity contribution in [2.75, 3.05) is 5.32 Å². The van der Waals surface area contributed by atoms with Crippen LogP contribution >= 0.6 is 12.2 Å². The summed E-state index contributed by atoms with van der Waals surface area (Å²) in [4.78, 5) is 41.3. The minimum absolute atomic E-state index is 0.0914. The summed E-state index contributed by atoms with van der Waals surface area (Å²) in [7, 11) is 0. The fourth-order valence-electron chi connectivity index (χ4n) is 3.16. The molecule has 28 heavy (non-hydrogen) atoms. The number of aromatic nitrogens is 2. The van der Waals surface area contributed by atoms with Crippen LogP contribution in [0.1, 0.15) is 37.8 Å². The fourth-order valence-corrected chi connectivity index (χ4v) is 3.35. The highest BCUT2D eigenvalue weighted by Crippen LogP contribution is 2.40. The highest BCUT2D eigenvalue weighted by atomic mass is 32.1. The third-order valence-electron chi connectivity index (χ3n) is 4.27. The van der Waals surface area contributed by atoms with Crippen molar-refractivity contribution in [1.82, 2.24) is 9.97 Å². The first-order valence-corrected chi connectivity index (χ1v) is 8.89. The third kappa shape index (κ3) is 3.58. The van der Waals surface area contributed by atoms with Crippen LogP contribution in [0.3, 0.4) is 0 Å². The summed E-state index contributed by atoms with van der Waals surface area (Å²) < 4.78 is 5.50. The van der Waals surface area contributed by atoms with E-state index in [0.717, 1.165) is 0 Å². The van der Waals surface area contributed by atoms with Gasteiger partial charge in [0.05, 0.1) is 28.1 Å². The molecule has 3 N–H and O–H groups in total. The number of esters is 1. The summed E-state index contributed by atoms with van der Waals surface area (Å²) in [6, 6.07) is 5.71. The monoisotopic (exact) mass is 402 g/mol. The Balaban J connectivity index is 2.23.